The van der Waals surface area contributed by atoms with Crippen LogP contribution in [0, 0.1) is 0 Å². The molecular weight excluding hydrogens is 346 g/mol. The Balaban J connectivity index is 1.83. The Labute approximate surface area is 157 Å². The van der Waals surface area contributed by atoms with Gasteiger partial charge in [-0.1, -0.05) is 50.1 Å². The maximum Gasteiger partial charge on any atom is 0.227 e. The summed E-state index contributed by atoms with van der Waals surface area (Å²) >= 11 is 0. The van der Waals surface area contributed by atoms with E-state index in [-0.39, 0.29) is 10.9 Å². The molecule has 1 aliphatic rings. The quantitative estimate of drug-likeness (QED) is 0.745. The van der Waals surface area contributed by atoms with Crippen molar-refractivity contribution in [2.45, 2.75) is 57.3 Å². The van der Waals surface area contributed by atoms with Crippen molar-refractivity contribution in [1.29, 1.82) is 0 Å². The summed E-state index contributed by atoms with van der Waals surface area (Å²) in [6.45, 7) is 5.27. The SMILES string of the molecule is CCS(=O)(=O)c1ncc(CN2CCCCCC2)n1CCc1ccccc1. The second-order valence-electron chi connectivity index (χ2n) is 7.01. The number of hydrogen-bond donors (Lipinski definition) is 0. The van der Waals surface area contributed by atoms with Crippen molar-refractivity contribution in [3.63, 3.8) is 0 Å². The van der Waals surface area contributed by atoms with Crippen molar-refractivity contribution in [3.05, 3.63) is 47.8 Å². The standard InChI is InChI=1S/C20H29N3O2S/c1-2-26(24,25)20-21-16-19(17-22-13-8-3-4-9-14-22)23(20)15-12-18-10-6-5-7-11-18/h5-7,10-11,16H,2-4,8-9,12-15,17H2,1H3. The minimum Gasteiger partial charge on any atom is -0.317 e. The highest BCUT2D eigenvalue weighted by Crippen LogP contribution is 2.18. The van der Waals surface area contributed by atoms with E-state index in [1.807, 2.05) is 22.8 Å². The fourth-order valence-corrected chi connectivity index (χ4v) is 4.56. The van der Waals surface area contributed by atoms with Crippen LogP contribution in [0.3, 0.4) is 0 Å². The van der Waals surface area contributed by atoms with Crippen LogP contribution in [0.1, 0.15) is 43.9 Å². The van der Waals surface area contributed by atoms with Gasteiger partial charge in [-0.2, -0.15) is 0 Å². The molecule has 1 fully saturated rings. The minimum atomic E-state index is -3.33. The van der Waals surface area contributed by atoms with E-state index in [0.717, 1.165) is 31.7 Å². The number of rotatable bonds is 7. The predicted octanol–water partition coefficient (Wildman–Crippen LogP) is 3.30. The van der Waals surface area contributed by atoms with Crippen LogP contribution in [-0.2, 0) is 29.3 Å². The van der Waals surface area contributed by atoms with Gasteiger partial charge < -0.3 is 4.57 Å². The molecule has 3 rings (SSSR count). The zero-order valence-electron chi connectivity index (χ0n) is 15.6. The molecule has 0 radical (unpaired) electrons. The van der Waals surface area contributed by atoms with E-state index in [9.17, 15) is 8.42 Å². The highest BCUT2D eigenvalue weighted by Gasteiger charge is 2.22. The Kier molecular flexibility index (Phi) is 6.48. The average Bonchev–Trinajstić information content (AvgIpc) is 2.88. The Hall–Kier alpha value is -1.66. The van der Waals surface area contributed by atoms with E-state index in [4.69, 9.17) is 0 Å². The minimum absolute atomic E-state index is 0.0818. The summed E-state index contributed by atoms with van der Waals surface area (Å²) in [5, 5.41) is 0.223. The van der Waals surface area contributed by atoms with Gasteiger partial charge in [0, 0.05) is 13.1 Å². The first kappa shape index (κ1) is 19.1. The summed E-state index contributed by atoms with van der Waals surface area (Å²) in [5.41, 5.74) is 2.22. The van der Waals surface area contributed by atoms with Crippen molar-refractivity contribution in [2.24, 2.45) is 0 Å². The van der Waals surface area contributed by atoms with Crippen LogP contribution >= 0.6 is 0 Å². The smallest absolute Gasteiger partial charge is 0.227 e. The molecule has 1 aromatic carbocycles. The number of aryl methyl sites for hydroxylation is 1. The van der Waals surface area contributed by atoms with Gasteiger partial charge in [-0.25, -0.2) is 13.4 Å². The summed E-state index contributed by atoms with van der Waals surface area (Å²) in [6.07, 6.45) is 7.59. The highest BCUT2D eigenvalue weighted by molar-refractivity contribution is 7.91. The molecule has 2 aromatic rings. The Bertz CT molecular complexity index is 792. The second kappa shape index (κ2) is 8.82. The van der Waals surface area contributed by atoms with Crippen LogP contribution in [0.2, 0.25) is 0 Å². The second-order valence-corrected chi connectivity index (χ2v) is 9.19. The third-order valence-corrected chi connectivity index (χ3v) is 6.75. The first-order chi connectivity index (χ1) is 12.6. The van der Waals surface area contributed by atoms with Crippen LogP contribution in [0.5, 0.6) is 0 Å². The van der Waals surface area contributed by atoms with Crippen molar-refractivity contribution < 1.29 is 8.42 Å². The molecule has 1 aromatic heterocycles. The van der Waals surface area contributed by atoms with Gasteiger partial charge in [0.15, 0.2) is 0 Å². The molecule has 142 valence electrons. The van der Waals surface area contributed by atoms with E-state index in [2.05, 4.69) is 22.0 Å². The van der Waals surface area contributed by atoms with E-state index in [0.29, 0.717) is 6.54 Å². The van der Waals surface area contributed by atoms with E-state index < -0.39 is 9.84 Å². The van der Waals surface area contributed by atoms with E-state index in [1.165, 1.54) is 31.2 Å². The van der Waals surface area contributed by atoms with Crippen LogP contribution in [0.15, 0.2) is 41.7 Å². The van der Waals surface area contributed by atoms with Crippen molar-refractivity contribution in [1.82, 2.24) is 14.5 Å². The predicted molar refractivity (Wildman–Crippen MR) is 104 cm³/mol. The molecule has 26 heavy (non-hydrogen) atoms. The summed E-state index contributed by atoms with van der Waals surface area (Å²) in [6, 6.07) is 10.2. The number of benzene rings is 1. The molecule has 0 N–H and O–H groups in total. The Morgan fingerprint density at radius 1 is 1.04 bits per heavy atom. The lowest BCUT2D eigenvalue weighted by molar-refractivity contribution is 0.268. The molecule has 0 spiro atoms. The average molecular weight is 376 g/mol. The lowest BCUT2D eigenvalue weighted by Gasteiger charge is -2.21. The van der Waals surface area contributed by atoms with Crippen LogP contribution in [0.25, 0.3) is 0 Å². The fraction of sp³-hybridized carbons (Fsp3) is 0.550. The number of likely N-dealkylation sites (tertiary alicyclic amines) is 1. The number of nitrogens with zero attached hydrogens (tertiary/aromatic N) is 3. The van der Waals surface area contributed by atoms with Crippen molar-refractivity contribution in [3.8, 4) is 0 Å². The van der Waals surface area contributed by atoms with Crippen LogP contribution < -0.4 is 0 Å². The Morgan fingerprint density at radius 3 is 2.38 bits per heavy atom. The van der Waals surface area contributed by atoms with Gasteiger partial charge in [0.1, 0.15) is 0 Å². The van der Waals surface area contributed by atoms with Crippen molar-refractivity contribution in [2.75, 3.05) is 18.8 Å². The molecule has 5 nitrogen and oxygen atoms in total. The van der Waals surface area contributed by atoms with Crippen LogP contribution in [-0.4, -0.2) is 41.7 Å². The number of sulfone groups is 1. The van der Waals surface area contributed by atoms with Gasteiger partial charge in [-0.15, -0.1) is 0 Å². The molecule has 0 unspecified atom stereocenters. The summed E-state index contributed by atoms with van der Waals surface area (Å²) in [4.78, 5) is 6.74. The van der Waals surface area contributed by atoms with Gasteiger partial charge in [0.25, 0.3) is 0 Å². The molecule has 2 heterocycles. The third-order valence-electron chi connectivity index (χ3n) is 5.11. The van der Waals surface area contributed by atoms with Gasteiger partial charge >= 0.3 is 0 Å². The molecule has 1 aliphatic heterocycles. The summed E-state index contributed by atoms with van der Waals surface area (Å²) in [5.74, 6) is 0.0818. The van der Waals surface area contributed by atoms with Gasteiger partial charge in [0.2, 0.25) is 15.0 Å². The highest BCUT2D eigenvalue weighted by atomic mass is 32.2. The number of aromatic nitrogens is 2. The molecular formula is C20H29N3O2S. The first-order valence-electron chi connectivity index (χ1n) is 9.63. The van der Waals surface area contributed by atoms with Crippen molar-refractivity contribution >= 4 is 9.84 Å². The van der Waals surface area contributed by atoms with E-state index in [1.54, 1.807) is 13.1 Å². The monoisotopic (exact) mass is 375 g/mol. The molecule has 1 saturated heterocycles. The molecule has 0 amide bonds. The summed E-state index contributed by atoms with van der Waals surface area (Å²) in [7, 11) is -3.33. The lowest BCUT2D eigenvalue weighted by atomic mass is 10.1. The molecule has 6 heteroatoms. The lowest BCUT2D eigenvalue weighted by Crippen LogP contribution is -2.26. The first-order valence-corrected chi connectivity index (χ1v) is 11.3. The maximum absolute atomic E-state index is 12.5. The zero-order valence-corrected chi connectivity index (χ0v) is 16.4. The van der Waals surface area contributed by atoms with Gasteiger partial charge in [-0.05, 0) is 37.9 Å². The normalized spacial score (nSPS) is 16.5. The summed E-state index contributed by atoms with van der Waals surface area (Å²) < 4.78 is 26.9. The van der Waals surface area contributed by atoms with Gasteiger partial charge in [0.05, 0.1) is 17.6 Å². The zero-order chi connectivity index (χ0) is 18.4. The molecule has 0 atom stereocenters. The number of hydrogen-bond acceptors (Lipinski definition) is 4. The topological polar surface area (TPSA) is 55.2 Å². The molecule has 0 saturated carbocycles. The van der Waals surface area contributed by atoms with E-state index >= 15 is 0 Å². The molecule has 0 aliphatic carbocycles. The Morgan fingerprint density at radius 2 is 1.73 bits per heavy atom. The largest absolute Gasteiger partial charge is 0.317 e. The maximum atomic E-state index is 12.5. The fourth-order valence-electron chi connectivity index (χ4n) is 3.54. The van der Waals surface area contributed by atoms with Crippen LogP contribution in [0.4, 0.5) is 0 Å². The number of imidazole rings is 1. The molecule has 0 bridgehead atoms. The van der Waals surface area contributed by atoms with Gasteiger partial charge in [-0.3, -0.25) is 4.90 Å². The third kappa shape index (κ3) is 4.74.